The highest BCUT2D eigenvalue weighted by molar-refractivity contribution is 5.90. The Balaban J connectivity index is 2.02. The fourth-order valence-electron chi connectivity index (χ4n) is 2.35. The highest BCUT2D eigenvalue weighted by atomic mass is 16.5. The molecule has 0 N–H and O–H groups in total. The fourth-order valence-corrected chi connectivity index (χ4v) is 2.35. The van der Waals surface area contributed by atoms with Crippen LogP contribution in [-0.4, -0.2) is 37.0 Å². The highest BCUT2D eigenvalue weighted by Gasteiger charge is 2.33. The summed E-state index contributed by atoms with van der Waals surface area (Å²) in [7, 11) is 1.40. The van der Waals surface area contributed by atoms with Gasteiger partial charge in [0.15, 0.2) is 5.78 Å². The molecule has 4 nitrogen and oxygen atoms in total. The standard InChI is InChI=1S/C11H15NO3/c1-15-11(14)12-5-4-8-6-10(13)3-2-9(8)7-12/h2-3,8-9H,4-7H2,1H3/t8-,9-/m0/s1. The lowest BCUT2D eigenvalue weighted by Gasteiger charge is -2.37. The van der Waals surface area contributed by atoms with Gasteiger partial charge in [0.2, 0.25) is 0 Å². The number of likely N-dealkylation sites (tertiary alicyclic amines) is 1. The Morgan fingerprint density at radius 1 is 1.60 bits per heavy atom. The molecule has 2 aliphatic rings. The second-order valence-electron chi connectivity index (χ2n) is 4.16. The Morgan fingerprint density at radius 2 is 2.40 bits per heavy atom. The van der Waals surface area contributed by atoms with Gasteiger partial charge in [0.25, 0.3) is 0 Å². The molecular weight excluding hydrogens is 194 g/mol. The molecule has 0 aromatic heterocycles. The van der Waals surface area contributed by atoms with Crippen LogP contribution in [-0.2, 0) is 9.53 Å². The third-order valence-corrected chi connectivity index (χ3v) is 3.23. The van der Waals surface area contributed by atoms with Gasteiger partial charge in [0.05, 0.1) is 7.11 Å². The summed E-state index contributed by atoms with van der Waals surface area (Å²) < 4.78 is 4.69. The third kappa shape index (κ3) is 2.03. The Kier molecular flexibility index (Phi) is 2.75. The Hall–Kier alpha value is -1.32. The number of methoxy groups -OCH3 is 1. The van der Waals surface area contributed by atoms with E-state index in [4.69, 9.17) is 0 Å². The molecule has 1 aliphatic carbocycles. The maximum atomic E-state index is 11.3. The number of allylic oxidation sites excluding steroid dienone is 1. The Bertz CT molecular complexity index is 311. The van der Waals surface area contributed by atoms with E-state index >= 15 is 0 Å². The molecule has 1 fully saturated rings. The number of amides is 1. The molecule has 0 spiro atoms. The van der Waals surface area contributed by atoms with Crippen molar-refractivity contribution in [3.8, 4) is 0 Å². The van der Waals surface area contributed by atoms with E-state index in [-0.39, 0.29) is 11.9 Å². The van der Waals surface area contributed by atoms with Crippen LogP contribution in [0.4, 0.5) is 4.79 Å². The molecule has 1 heterocycles. The maximum absolute atomic E-state index is 11.3. The molecule has 1 saturated heterocycles. The molecule has 4 heteroatoms. The molecule has 2 rings (SSSR count). The lowest BCUT2D eigenvalue weighted by molar-refractivity contribution is -0.116. The van der Waals surface area contributed by atoms with Crippen LogP contribution in [0.2, 0.25) is 0 Å². The van der Waals surface area contributed by atoms with Crippen molar-refractivity contribution in [1.82, 2.24) is 4.90 Å². The number of hydrogen-bond acceptors (Lipinski definition) is 3. The van der Waals surface area contributed by atoms with Crippen molar-refractivity contribution >= 4 is 11.9 Å². The average Bonchev–Trinajstić information content (AvgIpc) is 2.27. The van der Waals surface area contributed by atoms with Gasteiger partial charge in [-0.25, -0.2) is 4.79 Å². The number of rotatable bonds is 0. The SMILES string of the molecule is COC(=O)N1CC[C@H]2CC(=O)C=C[C@H]2C1. The van der Waals surface area contributed by atoms with E-state index in [1.54, 1.807) is 11.0 Å². The summed E-state index contributed by atoms with van der Waals surface area (Å²) in [6.45, 7) is 1.38. The first-order valence-electron chi connectivity index (χ1n) is 5.24. The van der Waals surface area contributed by atoms with Gasteiger partial charge in [-0.2, -0.15) is 0 Å². The van der Waals surface area contributed by atoms with Gasteiger partial charge < -0.3 is 9.64 Å². The second kappa shape index (κ2) is 4.04. The molecule has 0 aromatic rings. The molecule has 2 atom stereocenters. The van der Waals surface area contributed by atoms with Gasteiger partial charge in [0, 0.05) is 19.5 Å². The van der Waals surface area contributed by atoms with Gasteiger partial charge in [0.1, 0.15) is 0 Å². The van der Waals surface area contributed by atoms with E-state index < -0.39 is 0 Å². The van der Waals surface area contributed by atoms with Crippen molar-refractivity contribution in [2.24, 2.45) is 11.8 Å². The zero-order valence-corrected chi connectivity index (χ0v) is 8.81. The zero-order valence-electron chi connectivity index (χ0n) is 8.81. The van der Waals surface area contributed by atoms with E-state index in [0.717, 1.165) is 6.42 Å². The summed E-state index contributed by atoms with van der Waals surface area (Å²) in [5, 5.41) is 0. The molecule has 0 unspecified atom stereocenters. The van der Waals surface area contributed by atoms with Crippen LogP contribution in [0.5, 0.6) is 0 Å². The minimum Gasteiger partial charge on any atom is -0.453 e. The smallest absolute Gasteiger partial charge is 0.409 e. The zero-order chi connectivity index (χ0) is 10.8. The van der Waals surface area contributed by atoms with Crippen molar-refractivity contribution in [2.45, 2.75) is 12.8 Å². The fraction of sp³-hybridized carbons (Fsp3) is 0.636. The quantitative estimate of drug-likeness (QED) is 0.602. The molecule has 15 heavy (non-hydrogen) atoms. The van der Waals surface area contributed by atoms with E-state index in [2.05, 4.69) is 4.74 Å². The summed E-state index contributed by atoms with van der Waals surface area (Å²) in [6.07, 6.45) is 4.85. The number of ketones is 1. The second-order valence-corrected chi connectivity index (χ2v) is 4.16. The van der Waals surface area contributed by atoms with E-state index in [1.807, 2.05) is 6.08 Å². The minimum atomic E-state index is -0.265. The monoisotopic (exact) mass is 209 g/mol. The molecule has 1 amide bonds. The molecule has 0 bridgehead atoms. The molecule has 0 saturated carbocycles. The Morgan fingerprint density at radius 3 is 3.13 bits per heavy atom. The summed E-state index contributed by atoms with van der Waals surface area (Å²) in [5.74, 6) is 0.960. The summed E-state index contributed by atoms with van der Waals surface area (Å²) in [4.78, 5) is 24.2. The van der Waals surface area contributed by atoms with Gasteiger partial charge in [-0.15, -0.1) is 0 Å². The van der Waals surface area contributed by atoms with Crippen LogP contribution >= 0.6 is 0 Å². The van der Waals surface area contributed by atoms with Crippen LogP contribution < -0.4 is 0 Å². The summed E-state index contributed by atoms with van der Waals surface area (Å²) in [6, 6.07) is 0. The molecule has 0 aromatic carbocycles. The highest BCUT2D eigenvalue weighted by Crippen LogP contribution is 2.31. The lowest BCUT2D eigenvalue weighted by atomic mass is 9.78. The van der Waals surface area contributed by atoms with Gasteiger partial charge >= 0.3 is 6.09 Å². The topological polar surface area (TPSA) is 46.6 Å². The van der Waals surface area contributed by atoms with E-state index in [9.17, 15) is 9.59 Å². The predicted octanol–water partition coefficient (Wildman–Crippen LogP) is 1.22. The molecule has 0 radical (unpaired) electrons. The number of fused-ring (bicyclic) bond motifs is 1. The predicted molar refractivity (Wildman–Crippen MR) is 54.3 cm³/mol. The van der Waals surface area contributed by atoms with Crippen molar-refractivity contribution in [3.63, 3.8) is 0 Å². The first-order chi connectivity index (χ1) is 7.20. The van der Waals surface area contributed by atoms with Crippen molar-refractivity contribution in [1.29, 1.82) is 0 Å². The largest absolute Gasteiger partial charge is 0.453 e. The van der Waals surface area contributed by atoms with Crippen LogP contribution in [0.15, 0.2) is 12.2 Å². The normalized spacial score (nSPS) is 29.9. The lowest BCUT2D eigenvalue weighted by Crippen LogP contribution is -2.44. The minimum absolute atomic E-state index is 0.211. The first-order valence-corrected chi connectivity index (χ1v) is 5.24. The number of hydrogen-bond donors (Lipinski definition) is 0. The van der Waals surface area contributed by atoms with E-state index in [0.29, 0.717) is 31.3 Å². The first kappa shape index (κ1) is 10.2. The molecule has 82 valence electrons. The number of nitrogens with zero attached hydrogens (tertiary/aromatic N) is 1. The average molecular weight is 209 g/mol. The van der Waals surface area contributed by atoms with Crippen molar-refractivity contribution in [3.05, 3.63) is 12.2 Å². The van der Waals surface area contributed by atoms with Crippen LogP contribution in [0.3, 0.4) is 0 Å². The number of carbonyl (C=O) groups excluding carboxylic acids is 2. The number of piperidine rings is 1. The molecular formula is C11H15NO3. The third-order valence-electron chi connectivity index (χ3n) is 3.23. The van der Waals surface area contributed by atoms with Gasteiger partial charge in [-0.05, 0) is 24.3 Å². The van der Waals surface area contributed by atoms with Crippen molar-refractivity contribution in [2.75, 3.05) is 20.2 Å². The van der Waals surface area contributed by atoms with Gasteiger partial charge in [-0.3, -0.25) is 4.79 Å². The van der Waals surface area contributed by atoms with Gasteiger partial charge in [-0.1, -0.05) is 6.08 Å². The summed E-state index contributed by atoms with van der Waals surface area (Å²) in [5.41, 5.74) is 0. The Labute approximate surface area is 88.9 Å². The maximum Gasteiger partial charge on any atom is 0.409 e. The van der Waals surface area contributed by atoms with Crippen LogP contribution in [0, 0.1) is 11.8 Å². The summed E-state index contributed by atoms with van der Waals surface area (Å²) >= 11 is 0. The van der Waals surface area contributed by atoms with E-state index in [1.165, 1.54) is 7.11 Å². The number of ether oxygens (including phenoxy) is 1. The van der Waals surface area contributed by atoms with Crippen LogP contribution in [0.1, 0.15) is 12.8 Å². The molecule has 1 aliphatic heterocycles. The number of carbonyl (C=O) groups is 2. The van der Waals surface area contributed by atoms with Crippen LogP contribution in [0.25, 0.3) is 0 Å². The van der Waals surface area contributed by atoms with Crippen molar-refractivity contribution < 1.29 is 14.3 Å².